The average molecular weight is 276 g/mol. The lowest BCUT2D eigenvalue weighted by Gasteiger charge is -2.37. The molecule has 20 heavy (non-hydrogen) atoms. The lowest BCUT2D eigenvalue weighted by molar-refractivity contribution is -0.153. The van der Waals surface area contributed by atoms with Gasteiger partial charge in [0.05, 0.1) is 5.41 Å². The van der Waals surface area contributed by atoms with Crippen molar-refractivity contribution in [1.82, 2.24) is 4.90 Å². The molecule has 1 aromatic carbocycles. The molecule has 1 fully saturated rings. The molecule has 1 amide bonds. The Bertz CT molecular complexity index is 493. The first kappa shape index (κ1) is 14.5. The van der Waals surface area contributed by atoms with E-state index in [9.17, 15) is 14.7 Å². The molecule has 1 unspecified atom stereocenters. The Morgan fingerprint density at radius 2 is 1.80 bits per heavy atom. The van der Waals surface area contributed by atoms with E-state index >= 15 is 0 Å². The number of hydrogen-bond donors (Lipinski definition) is 2. The summed E-state index contributed by atoms with van der Waals surface area (Å²) in [6.45, 7) is 2.62. The fourth-order valence-corrected chi connectivity index (χ4v) is 2.43. The third-order valence-electron chi connectivity index (χ3n) is 4.12. The molecule has 0 bridgehead atoms. The molecule has 0 aliphatic carbocycles. The van der Waals surface area contributed by atoms with Crippen molar-refractivity contribution in [1.29, 1.82) is 0 Å². The highest BCUT2D eigenvalue weighted by Crippen LogP contribution is 2.31. The van der Waals surface area contributed by atoms with Crippen molar-refractivity contribution >= 4 is 11.9 Å². The first-order valence-electron chi connectivity index (χ1n) is 6.77. The number of nitrogens with two attached hydrogens (primary N) is 1. The molecule has 0 radical (unpaired) electrons. The molecule has 1 aliphatic heterocycles. The van der Waals surface area contributed by atoms with Crippen LogP contribution in [0.15, 0.2) is 30.3 Å². The highest BCUT2D eigenvalue weighted by Gasteiger charge is 2.38. The third-order valence-corrected chi connectivity index (χ3v) is 4.12. The molecule has 5 heteroatoms. The number of carboxylic acid groups (broad SMARTS) is 1. The van der Waals surface area contributed by atoms with Gasteiger partial charge in [-0.3, -0.25) is 9.59 Å². The average Bonchev–Trinajstić information content (AvgIpc) is 2.47. The molecule has 1 saturated heterocycles. The molecule has 1 atom stereocenters. The van der Waals surface area contributed by atoms with Gasteiger partial charge < -0.3 is 15.7 Å². The van der Waals surface area contributed by atoms with E-state index in [4.69, 9.17) is 5.73 Å². The Hall–Kier alpha value is -1.88. The van der Waals surface area contributed by atoms with E-state index in [1.807, 2.05) is 30.3 Å². The highest BCUT2D eigenvalue weighted by atomic mass is 16.4. The van der Waals surface area contributed by atoms with Gasteiger partial charge >= 0.3 is 5.97 Å². The Morgan fingerprint density at radius 1 is 1.25 bits per heavy atom. The van der Waals surface area contributed by atoms with Gasteiger partial charge in [0.15, 0.2) is 0 Å². The quantitative estimate of drug-likeness (QED) is 0.874. The lowest BCUT2D eigenvalue weighted by Crippen LogP contribution is -2.47. The van der Waals surface area contributed by atoms with Crippen molar-refractivity contribution in [2.45, 2.75) is 25.8 Å². The van der Waals surface area contributed by atoms with Crippen LogP contribution in [0.2, 0.25) is 0 Å². The van der Waals surface area contributed by atoms with Crippen molar-refractivity contribution < 1.29 is 14.7 Å². The first-order valence-corrected chi connectivity index (χ1v) is 6.77. The molecule has 1 heterocycles. The number of likely N-dealkylation sites (tertiary alicyclic amines) is 1. The lowest BCUT2D eigenvalue weighted by atomic mass is 9.80. The standard InChI is InChI=1S/C15H20N2O3/c1-15(14(19)20)7-9-17(10-8-15)13(18)12(16)11-5-3-2-4-6-11/h2-6,12H,7-10,16H2,1H3,(H,19,20). The zero-order chi connectivity index (χ0) is 14.8. The molecule has 1 aromatic rings. The second kappa shape index (κ2) is 5.63. The molecule has 3 N–H and O–H groups in total. The van der Waals surface area contributed by atoms with Crippen LogP contribution in [-0.2, 0) is 9.59 Å². The molecule has 108 valence electrons. The van der Waals surface area contributed by atoms with E-state index in [2.05, 4.69) is 0 Å². The normalized spacial score (nSPS) is 19.4. The summed E-state index contributed by atoms with van der Waals surface area (Å²) < 4.78 is 0. The van der Waals surface area contributed by atoms with Crippen molar-refractivity contribution in [3.8, 4) is 0 Å². The number of piperidine rings is 1. The SMILES string of the molecule is CC1(C(=O)O)CCN(C(=O)C(N)c2ccccc2)CC1. The summed E-state index contributed by atoms with van der Waals surface area (Å²) >= 11 is 0. The largest absolute Gasteiger partial charge is 0.481 e. The van der Waals surface area contributed by atoms with Crippen LogP contribution in [0.4, 0.5) is 0 Å². The molecule has 2 rings (SSSR count). The molecular formula is C15H20N2O3. The number of nitrogens with zero attached hydrogens (tertiary/aromatic N) is 1. The van der Waals surface area contributed by atoms with Crippen LogP contribution in [0.25, 0.3) is 0 Å². The van der Waals surface area contributed by atoms with Crippen LogP contribution in [0, 0.1) is 5.41 Å². The first-order chi connectivity index (χ1) is 9.44. The minimum absolute atomic E-state index is 0.136. The molecule has 0 spiro atoms. The number of hydrogen-bond acceptors (Lipinski definition) is 3. The van der Waals surface area contributed by atoms with Gasteiger partial charge in [0, 0.05) is 13.1 Å². The van der Waals surface area contributed by atoms with E-state index in [0.717, 1.165) is 5.56 Å². The summed E-state index contributed by atoms with van der Waals surface area (Å²) in [5.41, 5.74) is 6.04. The van der Waals surface area contributed by atoms with Crippen molar-refractivity contribution in [3.63, 3.8) is 0 Å². The molecule has 0 aromatic heterocycles. The van der Waals surface area contributed by atoms with Crippen molar-refractivity contribution in [2.24, 2.45) is 11.1 Å². The van der Waals surface area contributed by atoms with Crippen molar-refractivity contribution in [3.05, 3.63) is 35.9 Å². The molecular weight excluding hydrogens is 256 g/mol. The van der Waals surface area contributed by atoms with Crippen molar-refractivity contribution in [2.75, 3.05) is 13.1 Å². The maximum Gasteiger partial charge on any atom is 0.309 e. The zero-order valence-corrected chi connectivity index (χ0v) is 11.6. The van der Waals surface area contributed by atoms with Gasteiger partial charge in [-0.15, -0.1) is 0 Å². The van der Waals surface area contributed by atoms with Gasteiger partial charge in [0.2, 0.25) is 5.91 Å². The summed E-state index contributed by atoms with van der Waals surface area (Å²) in [5, 5.41) is 9.18. The van der Waals surface area contributed by atoms with Crippen LogP contribution >= 0.6 is 0 Å². The number of carboxylic acids is 1. The van der Waals surface area contributed by atoms with Gasteiger partial charge in [-0.25, -0.2) is 0 Å². The molecule has 0 saturated carbocycles. The van der Waals surface area contributed by atoms with E-state index in [0.29, 0.717) is 25.9 Å². The monoisotopic (exact) mass is 276 g/mol. The van der Waals surface area contributed by atoms with Gasteiger partial charge in [-0.05, 0) is 25.3 Å². The Balaban J connectivity index is 2.00. The topological polar surface area (TPSA) is 83.6 Å². The summed E-state index contributed by atoms with van der Waals surface area (Å²) in [5.74, 6) is -0.930. The fraction of sp³-hybridized carbons (Fsp3) is 0.467. The minimum atomic E-state index is -0.794. The smallest absolute Gasteiger partial charge is 0.309 e. The van der Waals surface area contributed by atoms with Crippen LogP contribution in [0.1, 0.15) is 31.4 Å². The van der Waals surface area contributed by atoms with Crippen LogP contribution in [0.5, 0.6) is 0 Å². The number of benzene rings is 1. The van der Waals surface area contributed by atoms with Gasteiger partial charge in [-0.1, -0.05) is 30.3 Å². The second-order valence-corrected chi connectivity index (χ2v) is 5.58. The van der Waals surface area contributed by atoms with Gasteiger partial charge in [0.25, 0.3) is 0 Å². The zero-order valence-electron chi connectivity index (χ0n) is 11.6. The molecule has 1 aliphatic rings. The number of aliphatic carboxylic acids is 1. The van der Waals surface area contributed by atoms with Crippen LogP contribution in [0.3, 0.4) is 0 Å². The number of carbonyl (C=O) groups excluding carboxylic acids is 1. The Labute approximate surface area is 118 Å². The fourth-order valence-electron chi connectivity index (χ4n) is 2.43. The molecule has 5 nitrogen and oxygen atoms in total. The third kappa shape index (κ3) is 2.82. The van der Waals surface area contributed by atoms with E-state index < -0.39 is 17.4 Å². The predicted octanol–water partition coefficient (Wildman–Crippen LogP) is 1.40. The van der Waals surface area contributed by atoms with E-state index in [-0.39, 0.29) is 5.91 Å². The number of amides is 1. The Morgan fingerprint density at radius 3 is 2.30 bits per heavy atom. The van der Waals surface area contributed by atoms with E-state index in [1.165, 1.54) is 0 Å². The predicted molar refractivity (Wildman–Crippen MR) is 74.9 cm³/mol. The summed E-state index contributed by atoms with van der Waals surface area (Å²) in [7, 11) is 0. The van der Waals surface area contributed by atoms with Gasteiger partial charge in [0.1, 0.15) is 6.04 Å². The van der Waals surface area contributed by atoms with Crippen LogP contribution < -0.4 is 5.73 Å². The number of carbonyl (C=O) groups is 2. The summed E-state index contributed by atoms with van der Waals surface area (Å²) in [6.07, 6.45) is 0.936. The number of rotatable bonds is 3. The van der Waals surface area contributed by atoms with Crippen LogP contribution in [-0.4, -0.2) is 35.0 Å². The Kier molecular flexibility index (Phi) is 4.09. The summed E-state index contributed by atoms with van der Waals surface area (Å²) in [4.78, 5) is 25.2. The maximum absolute atomic E-state index is 12.3. The summed E-state index contributed by atoms with van der Waals surface area (Å²) in [6, 6.07) is 8.55. The van der Waals surface area contributed by atoms with E-state index in [1.54, 1.807) is 11.8 Å². The van der Waals surface area contributed by atoms with Gasteiger partial charge in [-0.2, -0.15) is 0 Å². The maximum atomic E-state index is 12.3. The second-order valence-electron chi connectivity index (χ2n) is 5.58. The highest BCUT2D eigenvalue weighted by molar-refractivity contribution is 5.83. The minimum Gasteiger partial charge on any atom is -0.481 e.